The van der Waals surface area contributed by atoms with Crippen molar-refractivity contribution in [2.45, 2.75) is 143 Å². The van der Waals surface area contributed by atoms with Gasteiger partial charge in [0.2, 0.25) is 0 Å². The van der Waals surface area contributed by atoms with Gasteiger partial charge in [-0.3, -0.25) is 4.79 Å². The molecule has 268 valence electrons. The summed E-state index contributed by atoms with van der Waals surface area (Å²) in [6.45, 7) is 7.39. The first-order chi connectivity index (χ1) is 21.7. The topological polar surface area (TPSA) is 147 Å². The molecule has 0 aliphatic carbocycles. The van der Waals surface area contributed by atoms with Gasteiger partial charge in [-0.1, -0.05) is 110 Å². The Kier molecular flexibility index (Phi) is 31.9. The Morgan fingerprint density at radius 1 is 0.783 bits per heavy atom. The van der Waals surface area contributed by atoms with Crippen molar-refractivity contribution in [2.24, 2.45) is 11.5 Å². The largest absolute Gasteiger partial charge is 1.00 e. The summed E-state index contributed by atoms with van der Waals surface area (Å²) < 4.78 is 16.5. The van der Waals surface area contributed by atoms with Crippen LogP contribution in [0.1, 0.15) is 140 Å². The normalized spacial score (nSPS) is 11.1. The summed E-state index contributed by atoms with van der Waals surface area (Å²) in [4.78, 5) is 33.5. The molecule has 1 rings (SSSR count). The predicted octanol–water partition coefficient (Wildman–Crippen LogP) is 4.40. The molecular weight excluding hydrogens is 723 g/mol. The summed E-state index contributed by atoms with van der Waals surface area (Å²) in [7, 11) is 1.45. The zero-order valence-electron chi connectivity index (χ0n) is 28.9. The molecule has 10 nitrogen and oxygen atoms in total. The SMILES string of the molecule is CCCCCCCCCCCCCCCCCCNC(=O)OCC(COC(N)=O)OC.CCc1ccc(Cl)[n+](CC)c1C(N)=O.[I-]. The number of carbonyl (C=O) groups is 3. The summed E-state index contributed by atoms with van der Waals surface area (Å²) in [5, 5.41) is 3.27. The molecular formula is C34H62ClIN4O6. The number of unbranched alkanes of at least 4 members (excludes halogenated alkanes) is 15. The minimum absolute atomic E-state index is 0. The third kappa shape index (κ3) is 24.3. The van der Waals surface area contributed by atoms with Gasteiger partial charge in [0.05, 0.1) is 0 Å². The number of aromatic nitrogens is 1. The number of hydrogen-bond acceptors (Lipinski definition) is 6. The Bertz CT molecular complexity index is 941. The molecule has 0 bridgehead atoms. The predicted molar refractivity (Wildman–Crippen MR) is 180 cm³/mol. The first kappa shape index (κ1) is 46.3. The average Bonchev–Trinajstić information content (AvgIpc) is 3.02. The van der Waals surface area contributed by atoms with Crippen molar-refractivity contribution in [1.82, 2.24) is 5.32 Å². The Balaban J connectivity index is 0. The van der Waals surface area contributed by atoms with E-state index in [0.29, 0.717) is 23.9 Å². The third-order valence-corrected chi connectivity index (χ3v) is 7.96. The number of ether oxygens (including phenoxy) is 3. The highest BCUT2D eigenvalue weighted by atomic mass is 127. The van der Waals surface area contributed by atoms with Gasteiger partial charge < -0.3 is 55.0 Å². The second kappa shape index (κ2) is 31.7. The second-order valence-corrected chi connectivity index (χ2v) is 11.7. The molecule has 5 N–H and O–H groups in total. The van der Waals surface area contributed by atoms with Gasteiger partial charge in [-0.25, -0.2) is 9.59 Å². The van der Waals surface area contributed by atoms with Crippen LogP contribution >= 0.6 is 11.6 Å². The van der Waals surface area contributed by atoms with Crippen LogP contribution in [0.15, 0.2) is 12.1 Å². The first-order valence-electron chi connectivity index (χ1n) is 17.1. The van der Waals surface area contributed by atoms with E-state index in [-0.39, 0.29) is 37.2 Å². The molecule has 1 atom stereocenters. The van der Waals surface area contributed by atoms with Gasteiger partial charge in [-0.05, 0) is 37.4 Å². The number of primary amides is 2. The van der Waals surface area contributed by atoms with Gasteiger partial charge in [0.15, 0.2) is 0 Å². The fourth-order valence-electron chi connectivity index (χ4n) is 4.95. The van der Waals surface area contributed by atoms with Crippen LogP contribution in [-0.4, -0.2) is 51.1 Å². The number of nitrogens with two attached hydrogens (primary N) is 2. The lowest BCUT2D eigenvalue weighted by atomic mass is 10.0. The van der Waals surface area contributed by atoms with Gasteiger partial charge in [0, 0.05) is 25.3 Å². The Morgan fingerprint density at radius 3 is 1.67 bits per heavy atom. The Hall–Kier alpha value is -1.86. The van der Waals surface area contributed by atoms with Crippen molar-refractivity contribution in [3.05, 3.63) is 28.5 Å². The zero-order valence-corrected chi connectivity index (χ0v) is 31.8. The highest BCUT2D eigenvalue weighted by molar-refractivity contribution is 6.28. The van der Waals surface area contributed by atoms with Crippen molar-refractivity contribution in [1.29, 1.82) is 0 Å². The van der Waals surface area contributed by atoms with Crippen molar-refractivity contribution >= 4 is 29.7 Å². The van der Waals surface area contributed by atoms with Crippen LogP contribution in [0.4, 0.5) is 9.59 Å². The Labute approximate surface area is 300 Å². The van der Waals surface area contributed by atoms with Crippen LogP contribution in [0.3, 0.4) is 0 Å². The lowest BCUT2D eigenvalue weighted by molar-refractivity contribution is -0.693. The van der Waals surface area contributed by atoms with Gasteiger partial charge in [-0.2, -0.15) is 4.57 Å². The van der Waals surface area contributed by atoms with Crippen molar-refractivity contribution < 1.29 is 57.1 Å². The number of hydrogen-bond donors (Lipinski definition) is 3. The van der Waals surface area contributed by atoms with E-state index >= 15 is 0 Å². The summed E-state index contributed by atoms with van der Waals surface area (Å²) in [5.74, 6) is -0.425. The summed E-state index contributed by atoms with van der Waals surface area (Å²) in [5.41, 5.74) is 11.7. The summed E-state index contributed by atoms with van der Waals surface area (Å²) >= 11 is 5.96. The van der Waals surface area contributed by atoms with Crippen molar-refractivity contribution in [3.8, 4) is 0 Å². The summed E-state index contributed by atoms with van der Waals surface area (Å²) in [6.07, 6.45) is 20.1. The van der Waals surface area contributed by atoms with Crippen LogP contribution in [0.2, 0.25) is 5.15 Å². The number of methoxy groups -OCH3 is 1. The maximum atomic E-state index is 11.6. The standard InChI is InChI=1S/C24H48N2O5.C10H13ClN2O.HI/c1-3-4-5-6-7-8-9-10-11-12-13-14-15-16-17-18-19-26-24(28)31-21-22(29-2)20-30-23(25)27;1-3-7-5-6-8(11)13(4-2)9(7)10(12)14;/h22H,3-21H2,1-2H3,(H2,25,27)(H,26,28);5-6H,3-4H2,1-2H3,(H-,12,14);1H. The Morgan fingerprint density at radius 2 is 1.26 bits per heavy atom. The van der Waals surface area contributed by atoms with E-state index in [0.717, 1.165) is 24.8 Å². The third-order valence-electron chi connectivity index (χ3n) is 7.63. The number of carbonyl (C=O) groups excluding carboxylic acids is 3. The molecule has 1 aromatic rings. The lowest BCUT2D eigenvalue weighted by Crippen LogP contribution is -3.00. The molecule has 0 saturated heterocycles. The average molecular weight is 785 g/mol. The van der Waals surface area contributed by atoms with Crippen LogP contribution in [0.5, 0.6) is 0 Å². The first-order valence-corrected chi connectivity index (χ1v) is 17.5. The van der Waals surface area contributed by atoms with Gasteiger partial charge in [0.25, 0.3) is 10.8 Å². The number of pyridine rings is 1. The van der Waals surface area contributed by atoms with Gasteiger partial charge in [-0.15, -0.1) is 0 Å². The van der Waals surface area contributed by atoms with Crippen LogP contribution < -0.4 is 45.3 Å². The number of halogens is 2. The quantitative estimate of drug-likeness (QED) is 0.0581. The van der Waals surface area contributed by atoms with E-state index in [1.807, 2.05) is 19.9 Å². The minimum atomic E-state index is -0.880. The van der Waals surface area contributed by atoms with E-state index in [1.165, 1.54) is 97.0 Å². The van der Waals surface area contributed by atoms with E-state index in [4.69, 9.17) is 32.5 Å². The number of alkyl carbamates (subject to hydrolysis) is 1. The number of aryl methyl sites for hydroxylation is 1. The summed E-state index contributed by atoms with van der Waals surface area (Å²) in [6, 6.07) is 3.63. The minimum Gasteiger partial charge on any atom is -1.00 e. The molecule has 1 heterocycles. The molecule has 0 fully saturated rings. The van der Waals surface area contributed by atoms with Crippen molar-refractivity contribution in [3.63, 3.8) is 0 Å². The molecule has 0 aliphatic rings. The molecule has 0 spiro atoms. The van der Waals surface area contributed by atoms with Crippen LogP contribution in [-0.2, 0) is 27.2 Å². The molecule has 12 heteroatoms. The van der Waals surface area contributed by atoms with E-state index in [2.05, 4.69) is 17.0 Å². The smallest absolute Gasteiger partial charge is 0.407 e. The molecule has 0 aromatic carbocycles. The van der Waals surface area contributed by atoms with E-state index < -0.39 is 24.2 Å². The maximum absolute atomic E-state index is 11.6. The van der Waals surface area contributed by atoms with E-state index in [9.17, 15) is 14.4 Å². The monoisotopic (exact) mass is 784 g/mol. The highest BCUT2D eigenvalue weighted by Crippen LogP contribution is 2.14. The zero-order chi connectivity index (χ0) is 33.7. The molecule has 0 aliphatic heterocycles. The number of rotatable bonds is 25. The van der Waals surface area contributed by atoms with Gasteiger partial charge in [0.1, 0.15) is 25.9 Å². The fraction of sp³-hybridized carbons (Fsp3) is 0.765. The number of nitrogens with zero attached hydrogens (tertiary/aromatic N) is 1. The highest BCUT2D eigenvalue weighted by Gasteiger charge is 2.22. The molecule has 3 amide bonds. The number of nitrogens with one attached hydrogen (secondary N) is 1. The van der Waals surface area contributed by atoms with Gasteiger partial charge >= 0.3 is 18.1 Å². The molecule has 0 saturated carbocycles. The number of amides is 3. The van der Waals surface area contributed by atoms with E-state index in [1.54, 1.807) is 10.6 Å². The van der Waals surface area contributed by atoms with Crippen molar-refractivity contribution in [2.75, 3.05) is 26.9 Å². The lowest BCUT2D eigenvalue weighted by Gasteiger charge is -2.15. The van der Waals surface area contributed by atoms with Crippen LogP contribution in [0, 0.1) is 0 Å². The van der Waals surface area contributed by atoms with Crippen LogP contribution in [0.25, 0.3) is 0 Å². The molecule has 1 aromatic heterocycles. The molecule has 0 radical (unpaired) electrons. The second-order valence-electron chi connectivity index (χ2n) is 11.3. The maximum Gasteiger partial charge on any atom is 0.407 e. The molecule has 1 unspecified atom stereocenters. The fourth-order valence-corrected chi connectivity index (χ4v) is 5.21. The molecule has 46 heavy (non-hydrogen) atoms.